The number of thioether (sulfide) groups is 1. The van der Waals surface area contributed by atoms with Gasteiger partial charge in [0.1, 0.15) is 4.83 Å². The van der Waals surface area contributed by atoms with Gasteiger partial charge in [0.25, 0.3) is 11.2 Å². The Morgan fingerprint density at radius 3 is 2.81 bits per heavy atom. The number of anilines is 1. The van der Waals surface area contributed by atoms with Crippen molar-refractivity contribution < 1.29 is 9.72 Å². The van der Waals surface area contributed by atoms with Crippen LogP contribution in [-0.4, -0.2) is 25.6 Å². The molecule has 2 heterocycles. The highest BCUT2D eigenvalue weighted by Crippen LogP contribution is 2.36. The van der Waals surface area contributed by atoms with Gasteiger partial charge in [-0.1, -0.05) is 53.7 Å². The second kappa shape index (κ2) is 10.0. The number of benzene rings is 2. The average Bonchev–Trinajstić information content (AvgIpc) is 3.44. The van der Waals surface area contributed by atoms with Crippen molar-refractivity contribution in [2.75, 3.05) is 5.32 Å². The first-order chi connectivity index (χ1) is 17.3. The van der Waals surface area contributed by atoms with Gasteiger partial charge in [-0.3, -0.25) is 24.3 Å². The number of thiophene rings is 1. The maximum absolute atomic E-state index is 13.7. The summed E-state index contributed by atoms with van der Waals surface area (Å²) in [6.45, 7) is 2.03. The Labute approximate surface area is 219 Å². The van der Waals surface area contributed by atoms with E-state index in [1.807, 2.05) is 30.3 Å². The van der Waals surface area contributed by atoms with Gasteiger partial charge in [0, 0.05) is 17.0 Å². The van der Waals surface area contributed by atoms with Crippen LogP contribution in [0.25, 0.3) is 10.2 Å². The molecule has 0 fully saturated rings. The molecule has 36 heavy (non-hydrogen) atoms. The first-order valence-corrected chi connectivity index (χ1v) is 13.4. The molecule has 5 rings (SSSR count). The van der Waals surface area contributed by atoms with E-state index in [1.165, 1.54) is 34.8 Å². The minimum atomic E-state index is -0.654. The van der Waals surface area contributed by atoms with E-state index in [9.17, 15) is 19.7 Å². The average molecular weight is 541 g/mol. The van der Waals surface area contributed by atoms with Gasteiger partial charge in [-0.25, -0.2) is 4.98 Å². The number of rotatable bonds is 7. The number of nitro groups is 1. The van der Waals surface area contributed by atoms with Crippen molar-refractivity contribution in [2.45, 2.75) is 43.1 Å². The van der Waals surface area contributed by atoms with Gasteiger partial charge < -0.3 is 5.32 Å². The first-order valence-electron chi connectivity index (χ1n) is 11.3. The molecule has 1 amide bonds. The molecule has 1 aliphatic rings. The zero-order chi connectivity index (χ0) is 25.4. The van der Waals surface area contributed by atoms with Crippen LogP contribution >= 0.6 is 34.7 Å². The third-order valence-corrected chi connectivity index (χ3v) is 8.65. The normalized spacial score (nSPS) is 13.5. The summed E-state index contributed by atoms with van der Waals surface area (Å²) in [5, 5.41) is 14.5. The van der Waals surface area contributed by atoms with E-state index < -0.39 is 16.1 Å². The largest absolute Gasteiger partial charge is 0.324 e. The molecule has 0 spiro atoms. The number of halogens is 1. The smallest absolute Gasteiger partial charge is 0.271 e. The van der Waals surface area contributed by atoms with Crippen molar-refractivity contribution in [3.63, 3.8) is 0 Å². The van der Waals surface area contributed by atoms with E-state index >= 15 is 0 Å². The number of nitrogens with one attached hydrogen (secondary N) is 1. The minimum absolute atomic E-state index is 0.0971. The molecule has 0 unspecified atom stereocenters. The van der Waals surface area contributed by atoms with E-state index in [-0.39, 0.29) is 22.0 Å². The summed E-state index contributed by atoms with van der Waals surface area (Å²) >= 11 is 8.87. The van der Waals surface area contributed by atoms with Crippen LogP contribution in [-0.2, 0) is 24.2 Å². The van der Waals surface area contributed by atoms with Crippen LogP contribution in [0.15, 0.2) is 58.5 Å². The number of fused-ring (bicyclic) bond motifs is 3. The molecule has 0 saturated carbocycles. The molecular weight excluding hydrogens is 520 g/mol. The number of non-ortho nitro benzene ring substituents is 1. The molecule has 184 valence electrons. The quantitative estimate of drug-likeness (QED) is 0.140. The fraction of sp³-hybridized carbons (Fsp3) is 0.240. The molecule has 2 aromatic heterocycles. The second-order valence-electron chi connectivity index (χ2n) is 8.48. The number of nitrogens with zero attached hydrogens (tertiary/aromatic N) is 3. The number of carbonyl (C=O) groups is 1. The molecule has 8 nitrogen and oxygen atoms in total. The van der Waals surface area contributed by atoms with Gasteiger partial charge in [0.15, 0.2) is 5.16 Å². The molecule has 0 saturated heterocycles. The summed E-state index contributed by atoms with van der Waals surface area (Å²) in [7, 11) is 0. The highest BCUT2D eigenvalue weighted by molar-refractivity contribution is 8.00. The van der Waals surface area contributed by atoms with E-state index in [0.29, 0.717) is 21.9 Å². The molecule has 0 bridgehead atoms. The Kier molecular flexibility index (Phi) is 6.83. The van der Waals surface area contributed by atoms with Gasteiger partial charge in [-0.05, 0) is 43.4 Å². The van der Waals surface area contributed by atoms with Crippen LogP contribution in [0.2, 0.25) is 5.02 Å². The molecule has 0 radical (unpaired) electrons. The number of aromatic nitrogens is 2. The third kappa shape index (κ3) is 4.76. The van der Waals surface area contributed by atoms with Crippen LogP contribution in [0, 0.1) is 10.1 Å². The zero-order valence-corrected chi connectivity index (χ0v) is 21.6. The number of nitro benzene ring substituents is 1. The minimum Gasteiger partial charge on any atom is -0.324 e. The molecule has 1 aliphatic carbocycles. The number of hydrogen-bond donors (Lipinski definition) is 1. The van der Waals surface area contributed by atoms with Gasteiger partial charge in [0.05, 0.1) is 32.8 Å². The predicted molar refractivity (Wildman–Crippen MR) is 144 cm³/mol. The number of aryl methyl sites for hydroxylation is 2. The van der Waals surface area contributed by atoms with E-state index in [4.69, 9.17) is 16.6 Å². The topological polar surface area (TPSA) is 107 Å². The molecule has 1 N–H and O–H groups in total. The molecule has 2 aromatic carbocycles. The summed E-state index contributed by atoms with van der Waals surface area (Å²) in [4.78, 5) is 44.0. The van der Waals surface area contributed by atoms with Gasteiger partial charge in [-0.15, -0.1) is 11.3 Å². The van der Waals surface area contributed by atoms with Crippen molar-refractivity contribution in [3.8, 4) is 0 Å². The summed E-state index contributed by atoms with van der Waals surface area (Å²) in [6, 6.07) is 13.5. The molecule has 1 atom stereocenters. The van der Waals surface area contributed by atoms with Crippen molar-refractivity contribution in [3.05, 3.63) is 90.0 Å². The monoisotopic (exact) mass is 540 g/mol. The number of hydrogen-bond acceptors (Lipinski definition) is 7. The van der Waals surface area contributed by atoms with E-state index in [1.54, 1.807) is 22.8 Å². The maximum atomic E-state index is 13.7. The Morgan fingerprint density at radius 2 is 2.06 bits per heavy atom. The van der Waals surface area contributed by atoms with E-state index in [0.717, 1.165) is 30.4 Å². The van der Waals surface area contributed by atoms with Crippen LogP contribution in [0.3, 0.4) is 0 Å². The van der Waals surface area contributed by atoms with Crippen molar-refractivity contribution in [2.24, 2.45) is 0 Å². The predicted octanol–water partition coefficient (Wildman–Crippen LogP) is 5.68. The van der Waals surface area contributed by atoms with Gasteiger partial charge in [-0.2, -0.15) is 0 Å². The lowest BCUT2D eigenvalue weighted by atomic mass is 10.2. The van der Waals surface area contributed by atoms with Crippen LogP contribution in [0.4, 0.5) is 11.4 Å². The summed E-state index contributed by atoms with van der Waals surface area (Å²) in [6.07, 6.45) is 2.88. The Morgan fingerprint density at radius 1 is 1.28 bits per heavy atom. The fourth-order valence-corrected chi connectivity index (χ4v) is 6.60. The second-order valence-corrected chi connectivity index (χ2v) is 11.3. The van der Waals surface area contributed by atoms with Crippen LogP contribution < -0.4 is 10.9 Å². The Hall–Kier alpha value is -3.21. The molecule has 11 heteroatoms. The fourth-order valence-electron chi connectivity index (χ4n) is 4.22. The van der Waals surface area contributed by atoms with Gasteiger partial charge >= 0.3 is 0 Å². The molecule has 4 aromatic rings. The number of carbonyl (C=O) groups excluding carboxylic acids is 1. The maximum Gasteiger partial charge on any atom is 0.271 e. The SMILES string of the molecule is C[C@H](Sc1nc2sc3c(c2c(=O)n1Cc1ccccc1)CCC3)C(=O)Nc1cc([N+](=O)[O-])ccc1Cl. The van der Waals surface area contributed by atoms with Crippen LogP contribution in [0.5, 0.6) is 0 Å². The van der Waals surface area contributed by atoms with Crippen molar-refractivity contribution in [1.82, 2.24) is 9.55 Å². The third-order valence-electron chi connectivity index (χ3n) is 6.04. The first kappa shape index (κ1) is 24.5. The van der Waals surface area contributed by atoms with Crippen molar-refractivity contribution in [1.29, 1.82) is 0 Å². The van der Waals surface area contributed by atoms with Crippen molar-refractivity contribution >= 4 is 62.2 Å². The lowest BCUT2D eigenvalue weighted by Crippen LogP contribution is -2.27. The van der Waals surface area contributed by atoms with Crippen LogP contribution in [0.1, 0.15) is 29.3 Å². The Balaban J connectivity index is 1.48. The summed E-state index contributed by atoms with van der Waals surface area (Å²) in [5.74, 6) is -0.406. The number of amides is 1. The molecular formula is C25H21ClN4O4S2. The Bertz CT molecular complexity index is 1550. The highest BCUT2D eigenvalue weighted by Gasteiger charge is 2.26. The summed E-state index contributed by atoms with van der Waals surface area (Å²) < 4.78 is 1.64. The van der Waals surface area contributed by atoms with Gasteiger partial charge in [0.2, 0.25) is 5.91 Å². The lowest BCUT2D eigenvalue weighted by molar-refractivity contribution is -0.384. The summed E-state index contributed by atoms with van der Waals surface area (Å²) in [5.41, 5.74) is 1.94. The molecule has 0 aliphatic heterocycles. The zero-order valence-electron chi connectivity index (χ0n) is 19.2. The van der Waals surface area contributed by atoms with E-state index in [2.05, 4.69) is 5.32 Å². The standard InChI is InChI=1S/C25H21ClN4O4S2/c1-14(22(31)27-19-12-16(30(33)34)10-11-18(19)26)35-25-28-23-21(17-8-5-9-20(17)36-23)24(32)29(25)13-15-6-3-2-4-7-15/h2-4,6-7,10-12,14H,5,8-9,13H2,1H3,(H,27,31)/t14-/m0/s1. The highest BCUT2D eigenvalue weighted by atomic mass is 35.5. The lowest BCUT2D eigenvalue weighted by Gasteiger charge is -2.16.